The van der Waals surface area contributed by atoms with Gasteiger partial charge in [-0.1, -0.05) is 48.0 Å². The molecule has 1 aliphatic rings. The van der Waals surface area contributed by atoms with Gasteiger partial charge < -0.3 is 19.5 Å². The minimum absolute atomic E-state index is 0. The molecule has 28 heavy (non-hydrogen) atoms. The second kappa shape index (κ2) is 9.69. The number of halogens is 2. The van der Waals surface area contributed by atoms with Gasteiger partial charge in [-0.15, -0.1) is 12.4 Å². The summed E-state index contributed by atoms with van der Waals surface area (Å²) < 4.78 is 16.6. The molecule has 0 unspecified atom stereocenters. The largest absolute Gasteiger partial charge is 0.489 e. The molecule has 6 heteroatoms. The second-order valence-corrected chi connectivity index (χ2v) is 6.72. The fourth-order valence-corrected chi connectivity index (χ4v) is 3.07. The Morgan fingerprint density at radius 1 is 0.857 bits per heavy atom. The Morgan fingerprint density at radius 2 is 1.57 bits per heavy atom. The molecule has 146 valence electrons. The summed E-state index contributed by atoms with van der Waals surface area (Å²) in [6.07, 6.45) is 0. The molecular formula is C22H21Cl2NO3. The molecule has 1 heterocycles. The second-order valence-electron chi connectivity index (χ2n) is 6.32. The van der Waals surface area contributed by atoms with Gasteiger partial charge in [0.1, 0.15) is 12.4 Å². The Balaban J connectivity index is 0.00000225. The molecule has 0 aromatic heterocycles. The molecule has 4 rings (SSSR count). The van der Waals surface area contributed by atoms with Crippen molar-refractivity contribution in [1.29, 1.82) is 0 Å². The summed E-state index contributed by atoms with van der Waals surface area (Å²) in [4.78, 5) is 0. The molecule has 0 saturated heterocycles. The average molecular weight is 418 g/mol. The zero-order valence-electron chi connectivity index (χ0n) is 15.2. The number of fused-ring (bicyclic) bond motifs is 1. The topological polar surface area (TPSA) is 39.7 Å². The lowest BCUT2D eigenvalue weighted by molar-refractivity contribution is 0.174. The Kier molecular flexibility index (Phi) is 7.04. The van der Waals surface area contributed by atoms with E-state index in [2.05, 4.69) is 17.4 Å². The van der Waals surface area contributed by atoms with Crippen LogP contribution in [0, 0.1) is 0 Å². The van der Waals surface area contributed by atoms with Crippen molar-refractivity contribution in [3.05, 3.63) is 88.4 Å². The smallest absolute Gasteiger partial charge is 0.231 e. The van der Waals surface area contributed by atoms with E-state index in [9.17, 15) is 0 Å². The van der Waals surface area contributed by atoms with Gasteiger partial charge in [0.05, 0.1) is 0 Å². The van der Waals surface area contributed by atoms with Gasteiger partial charge in [0.2, 0.25) is 6.79 Å². The van der Waals surface area contributed by atoms with Gasteiger partial charge >= 0.3 is 0 Å². The Morgan fingerprint density at radius 3 is 2.39 bits per heavy atom. The number of rotatable bonds is 7. The molecule has 0 atom stereocenters. The van der Waals surface area contributed by atoms with Crippen LogP contribution in [0.2, 0.25) is 5.02 Å². The molecule has 0 aliphatic carbocycles. The SMILES string of the molecule is Cl.Clc1ccccc1COc1ccc(CNCc2ccc3c(c2)OCO3)cc1. The van der Waals surface area contributed by atoms with Gasteiger partial charge in [0.15, 0.2) is 11.5 Å². The van der Waals surface area contributed by atoms with Crippen LogP contribution in [0.5, 0.6) is 17.2 Å². The summed E-state index contributed by atoms with van der Waals surface area (Å²) in [6, 6.07) is 21.8. The molecule has 1 aliphatic heterocycles. The van der Waals surface area contributed by atoms with E-state index < -0.39 is 0 Å². The normalized spacial score (nSPS) is 11.8. The molecule has 0 amide bonds. The van der Waals surface area contributed by atoms with E-state index in [0.717, 1.165) is 40.9 Å². The lowest BCUT2D eigenvalue weighted by atomic mass is 10.2. The monoisotopic (exact) mass is 417 g/mol. The molecule has 0 spiro atoms. The van der Waals surface area contributed by atoms with Crippen molar-refractivity contribution in [3.63, 3.8) is 0 Å². The van der Waals surface area contributed by atoms with Crippen molar-refractivity contribution >= 4 is 24.0 Å². The summed E-state index contributed by atoms with van der Waals surface area (Å²) in [5.41, 5.74) is 3.34. The van der Waals surface area contributed by atoms with E-state index in [-0.39, 0.29) is 12.4 Å². The maximum absolute atomic E-state index is 6.15. The number of hydrogen-bond acceptors (Lipinski definition) is 4. The van der Waals surface area contributed by atoms with E-state index in [0.29, 0.717) is 13.4 Å². The molecule has 0 bridgehead atoms. The van der Waals surface area contributed by atoms with Crippen LogP contribution in [0.1, 0.15) is 16.7 Å². The van der Waals surface area contributed by atoms with Gasteiger partial charge in [-0.2, -0.15) is 0 Å². The quantitative estimate of drug-likeness (QED) is 0.561. The lowest BCUT2D eigenvalue weighted by Gasteiger charge is -2.09. The van der Waals surface area contributed by atoms with Crippen molar-refractivity contribution in [2.24, 2.45) is 0 Å². The first-order valence-corrected chi connectivity index (χ1v) is 9.20. The Labute approximate surface area is 175 Å². The standard InChI is InChI=1S/C22H20ClNO3.ClH/c23-20-4-2-1-3-18(20)14-25-19-8-5-16(6-9-19)12-24-13-17-7-10-21-22(11-17)27-15-26-21;/h1-11,24H,12-15H2;1H. The van der Waals surface area contributed by atoms with Crippen LogP contribution >= 0.6 is 24.0 Å². The molecule has 0 saturated carbocycles. The van der Waals surface area contributed by atoms with Gasteiger partial charge in [0, 0.05) is 23.7 Å². The van der Waals surface area contributed by atoms with Gasteiger partial charge in [0.25, 0.3) is 0 Å². The fourth-order valence-electron chi connectivity index (χ4n) is 2.88. The van der Waals surface area contributed by atoms with Crippen LogP contribution in [0.15, 0.2) is 66.7 Å². The molecule has 4 nitrogen and oxygen atoms in total. The summed E-state index contributed by atoms with van der Waals surface area (Å²) in [6.45, 7) is 2.30. The van der Waals surface area contributed by atoms with E-state index in [1.54, 1.807) is 0 Å². The molecule has 0 fully saturated rings. The highest BCUT2D eigenvalue weighted by molar-refractivity contribution is 6.31. The first-order chi connectivity index (χ1) is 13.3. The predicted octanol–water partition coefficient (Wildman–Crippen LogP) is 5.36. The van der Waals surface area contributed by atoms with E-state index in [4.69, 9.17) is 25.8 Å². The summed E-state index contributed by atoms with van der Waals surface area (Å²) >= 11 is 6.15. The third-order valence-electron chi connectivity index (χ3n) is 4.37. The lowest BCUT2D eigenvalue weighted by Crippen LogP contribution is -2.12. The Bertz CT molecular complexity index is 916. The molecular weight excluding hydrogens is 397 g/mol. The van der Waals surface area contributed by atoms with Crippen molar-refractivity contribution in [1.82, 2.24) is 5.32 Å². The summed E-state index contributed by atoms with van der Waals surface area (Å²) in [5.74, 6) is 2.45. The average Bonchev–Trinajstić information content (AvgIpc) is 3.16. The first kappa shape index (κ1) is 20.3. The molecule has 3 aromatic rings. The number of hydrogen-bond donors (Lipinski definition) is 1. The van der Waals surface area contributed by atoms with Crippen LogP contribution in [-0.4, -0.2) is 6.79 Å². The van der Waals surface area contributed by atoms with Gasteiger partial charge in [-0.05, 0) is 41.5 Å². The summed E-state index contributed by atoms with van der Waals surface area (Å²) in [5, 5.41) is 4.16. The summed E-state index contributed by atoms with van der Waals surface area (Å²) in [7, 11) is 0. The van der Waals surface area contributed by atoms with Crippen LogP contribution in [0.25, 0.3) is 0 Å². The highest BCUT2D eigenvalue weighted by Crippen LogP contribution is 2.32. The number of nitrogens with one attached hydrogen (secondary N) is 1. The Hall–Kier alpha value is -2.40. The van der Waals surface area contributed by atoms with Crippen LogP contribution in [0.3, 0.4) is 0 Å². The first-order valence-electron chi connectivity index (χ1n) is 8.82. The minimum Gasteiger partial charge on any atom is -0.489 e. The van der Waals surface area contributed by atoms with Crippen LogP contribution in [0.4, 0.5) is 0 Å². The van der Waals surface area contributed by atoms with Gasteiger partial charge in [-0.3, -0.25) is 0 Å². The number of benzene rings is 3. The maximum Gasteiger partial charge on any atom is 0.231 e. The molecule has 0 radical (unpaired) electrons. The highest BCUT2D eigenvalue weighted by atomic mass is 35.5. The van der Waals surface area contributed by atoms with E-state index >= 15 is 0 Å². The van der Waals surface area contributed by atoms with Crippen molar-refractivity contribution in [2.45, 2.75) is 19.7 Å². The van der Waals surface area contributed by atoms with Crippen molar-refractivity contribution in [2.75, 3.05) is 6.79 Å². The van der Waals surface area contributed by atoms with E-state index in [1.165, 1.54) is 11.1 Å². The van der Waals surface area contributed by atoms with Crippen molar-refractivity contribution < 1.29 is 14.2 Å². The third kappa shape index (κ3) is 5.10. The zero-order chi connectivity index (χ0) is 18.5. The highest BCUT2D eigenvalue weighted by Gasteiger charge is 2.12. The minimum atomic E-state index is 0. The fraction of sp³-hybridized carbons (Fsp3) is 0.182. The van der Waals surface area contributed by atoms with Crippen LogP contribution in [-0.2, 0) is 19.7 Å². The predicted molar refractivity (Wildman–Crippen MR) is 113 cm³/mol. The zero-order valence-corrected chi connectivity index (χ0v) is 16.8. The third-order valence-corrected chi connectivity index (χ3v) is 4.74. The maximum atomic E-state index is 6.15. The van der Waals surface area contributed by atoms with Gasteiger partial charge in [-0.25, -0.2) is 0 Å². The molecule has 3 aromatic carbocycles. The van der Waals surface area contributed by atoms with Crippen LogP contribution < -0.4 is 19.5 Å². The molecule has 1 N–H and O–H groups in total. The van der Waals surface area contributed by atoms with Crippen molar-refractivity contribution in [3.8, 4) is 17.2 Å². The number of ether oxygens (including phenoxy) is 3. The van der Waals surface area contributed by atoms with E-state index in [1.807, 2.05) is 54.6 Å².